The van der Waals surface area contributed by atoms with Crippen molar-refractivity contribution >= 4 is 16.8 Å². The second-order valence-electron chi connectivity index (χ2n) is 9.61. The molecule has 0 saturated heterocycles. The Balaban J connectivity index is 1.34. The number of ether oxygens (including phenoxy) is 1. The molecule has 0 radical (unpaired) electrons. The van der Waals surface area contributed by atoms with E-state index in [1.165, 1.54) is 6.07 Å². The lowest BCUT2D eigenvalue weighted by Gasteiger charge is -2.18. The number of benzene rings is 3. The van der Waals surface area contributed by atoms with Crippen LogP contribution in [0.15, 0.2) is 60.7 Å². The third-order valence-electron chi connectivity index (χ3n) is 6.85. The normalized spacial score (nSPS) is 12.9. The Hall–Kier alpha value is -3.85. The van der Waals surface area contributed by atoms with E-state index in [2.05, 4.69) is 21.7 Å². The topological polar surface area (TPSA) is 127 Å². The van der Waals surface area contributed by atoms with Crippen molar-refractivity contribution in [1.82, 2.24) is 15.6 Å². The van der Waals surface area contributed by atoms with Gasteiger partial charge in [0.1, 0.15) is 17.2 Å². The number of rotatable bonds is 11. The van der Waals surface area contributed by atoms with Crippen molar-refractivity contribution in [1.29, 1.82) is 0 Å². The molecule has 200 valence electrons. The molecule has 4 rings (SSSR count). The third kappa shape index (κ3) is 6.34. The number of aromatic amines is 1. The number of nitrogens with one attached hydrogen (secondary N) is 3. The van der Waals surface area contributed by atoms with Crippen molar-refractivity contribution in [3.8, 4) is 11.5 Å². The van der Waals surface area contributed by atoms with Gasteiger partial charge in [0.2, 0.25) is 0 Å². The van der Waals surface area contributed by atoms with Crippen LogP contribution in [0.1, 0.15) is 51.3 Å². The van der Waals surface area contributed by atoms with Gasteiger partial charge >= 0.3 is 0 Å². The van der Waals surface area contributed by atoms with E-state index in [9.17, 15) is 20.1 Å². The van der Waals surface area contributed by atoms with Crippen LogP contribution >= 0.6 is 0 Å². The molecule has 0 saturated carbocycles. The molecule has 0 aliphatic carbocycles. The Morgan fingerprint density at radius 2 is 1.89 bits per heavy atom. The van der Waals surface area contributed by atoms with Gasteiger partial charge in [-0.05, 0) is 78.9 Å². The lowest BCUT2D eigenvalue weighted by molar-refractivity contribution is 0.0946. The highest BCUT2D eigenvalue weighted by Gasteiger charge is 2.14. The minimum Gasteiger partial charge on any atom is -0.508 e. The number of amides is 1. The summed E-state index contributed by atoms with van der Waals surface area (Å²) < 4.78 is 5.36. The zero-order valence-electron chi connectivity index (χ0n) is 21.9. The van der Waals surface area contributed by atoms with Gasteiger partial charge < -0.3 is 35.7 Å². The number of carbonyl (C=O) groups excluding carboxylic acids is 1. The smallest absolute Gasteiger partial charge is 0.267 e. The molecule has 0 unspecified atom stereocenters. The lowest BCUT2D eigenvalue weighted by Crippen LogP contribution is -2.32. The van der Waals surface area contributed by atoms with Crippen molar-refractivity contribution in [2.24, 2.45) is 0 Å². The molecule has 2 atom stereocenters. The highest BCUT2D eigenvalue weighted by atomic mass is 16.5. The molecule has 1 aromatic heterocycles. The molecule has 6 N–H and O–H groups in total. The summed E-state index contributed by atoms with van der Waals surface area (Å²) in [6, 6.07) is 18.5. The molecule has 8 heteroatoms. The molecule has 4 aromatic rings. The summed E-state index contributed by atoms with van der Waals surface area (Å²) in [5.74, 6) is 0.634. The average Bonchev–Trinajstić information content (AvgIpc) is 3.35. The number of phenols is 1. The Morgan fingerprint density at radius 3 is 2.66 bits per heavy atom. The fraction of sp³-hybridized carbons (Fsp3) is 0.300. The van der Waals surface area contributed by atoms with E-state index in [1.54, 1.807) is 19.2 Å². The summed E-state index contributed by atoms with van der Waals surface area (Å²) >= 11 is 0. The number of aromatic hydroxyl groups is 1. The molecular weight excluding hydrogens is 482 g/mol. The fourth-order valence-electron chi connectivity index (χ4n) is 4.57. The third-order valence-corrected chi connectivity index (χ3v) is 6.85. The van der Waals surface area contributed by atoms with Crippen molar-refractivity contribution in [2.75, 3.05) is 13.7 Å². The number of hydrogen-bond donors (Lipinski definition) is 6. The van der Waals surface area contributed by atoms with Crippen molar-refractivity contribution in [3.63, 3.8) is 0 Å². The summed E-state index contributed by atoms with van der Waals surface area (Å²) in [6.07, 6.45) is -0.0283. The first-order valence-electron chi connectivity index (χ1n) is 12.7. The maximum atomic E-state index is 12.8. The molecule has 1 amide bonds. The van der Waals surface area contributed by atoms with E-state index in [-0.39, 0.29) is 24.3 Å². The summed E-state index contributed by atoms with van der Waals surface area (Å²) in [5.41, 5.74) is 5.53. The van der Waals surface area contributed by atoms with E-state index >= 15 is 0 Å². The zero-order valence-corrected chi connectivity index (χ0v) is 21.9. The van der Waals surface area contributed by atoms with E-state index in [0.717, 1.165) is 39.8 Å². The van der Waals surface area contributed by atoms with Gasteiger partial charge in [-0.15, -0.1) is 0 Å². The van der Waals surface area contributed by atoms with Crippen LogP contribution in [0.25, 0.3) is 10.9 Å². The predicted octanol–water partition coefficient (Wildman–Crippen LogP) is 3.87. The maximum Gasteiger partial charge on any atom is 0.267 e. The Labute approximate surface area is 222 Å². The summed E-state index contributed by atoms with van der Waals surface area (Å²) in [6.45, 7) is 4.47. The lowest BCUT2D eigenvalue weighted by atomic mass is 10.0. The number of fused-ring (bicyclic) bond motifs is 1. The molecule has 0 spiro atoms. The number of aliphatic hydroxyl groups excluding tert-OH is 2. The molecule has 8 nitrogen and oxygen atoms in total. The van der Waals surface area contributed by atoms with Crippen LogP contribution in [0.3, 0.4) is 0 Å². The zero-order chi connectivity index (χ0) is 27.2. The number of aromatic nitrogens is 1. The maximum absolute atomic E-state index is 12.8. The first kappa shape index (κ1) is 27.2. The number of H-pyrrole nitrogens is 1. The SMILES string of the molecule is COc1cccc(CNC(=O)c2cc3cc(C[C@@H](C)NC[C@@H](O)c4ccc(O)c(CO)c4)ccc3[nH]2)c1C. The highest BCUT2D eigenvalue weighted by Crippen LogP contribution is 2.23. The molecule has 1 heterocycles. The average molecular weight is 518 g/mol. The van der Waals surface area contributed by atoms with Crippen LogP contribution in [0, 0.1) is 6.92 Å². The van der Waals surface area contributed by atoms with Crippen LogP contribution < -0.4 is 15.4 Å². The first-order chi connectivity index (χ1) is 18.3. The first-order valence-corrected chi connectivity index (χ1v) is 12.7. The summed E-state index contributed by atoms with van der Waals surface area (Å²) in [5, 5.41) is 36.9. The summed E-state index contributed by atoms with van der Waals surface area (Å²) in [7, 11) is 1.63. The van der Waals surface area contributed by atoms with Gasteiger partial charge in [0, 0.05) is 35.6 Å². The van der Waals surface area contributed by atoms with Gasteiger partial charge in [-0.1, -0.05) is 24.3 Å². The number of methoxy groups -OCH3 is 1. The molecule has 3 aromatic carbocycles. The van der Waals surface area contributed by atoms with E-state index in [1.807, 2.05) is 50.2 Å². The van der Waals surface area contributed by atoms with Crippen LogP contribution in [0.2, 0.25) is 0 Å². The van der Waals surface area contributed by atoms with Crippen molar-refractivity contribution < 1.29 is 24.9 Å². The predicted molar refractivity (Wildman–Crippen MR) is 147 cm³/mol. The van der Waals surface area contributed by atoms with Crippen molar-refractivity contribution in [3.05, 3.63) is 94.2 Å². The molecule has 0 fully saturated rings. The highest BCUT2D eigenvalue weighted by molar-refractivity contribution is 5.98. The minimum atomic E-state index is -0.766. The Bertz CT molecular complexity index is 1410. The molecule has 38 heavy (non-hydrogen) atoms. The summed E-state index contributed by atoms with van der Waals surface area (Å²) in [4.78, 5) is 16.0. The van der Waals surface area contributed by atoms with Crippen molar-refractivity contribution in [2.45, 2.75) is 45.6 Å². The number of carbonyl (C=O) groups is 1. The molecule has 0 aliphatic heterocycles. The standard InChI is InChI=1S/C30H35N3O5/c1-18(31-16-28(36)21-8-10-27(35)24(13-21)17-34)11-20-7-9-25-23(12-20)14-26(33-25)30(37)32-15-22-5-4-6-29(38-3)19(22)2/h4-10,12-14,18,28,31,33-36H,11,15-17H2,1-3H3,(H,32,37)/t18-,28-/m1/s1. The number of aliphatic hydroxyl groups is 2. The van der Waals surface area contributed by atoms with Gasteiger partial charge in [-0.25, -0.2) is 0 Å². The number of hydrogen-bond acceptors (Lipinski definition) is 6. The monoisotopic (exact) mass is 517 g/mol. The van der Waals surface area contributed by atoms with Crippen LogP contribution in [-0.4, -0.2) is 45.9 Å². The fourth-order valence-corrected chi connectivity index (χ4v) is 4.57. The van der Waals surface area contributed by atoms with Gasteiger partial charge in [0.15, 0.2) is 0 Å². The second-order valence-corrected chi connectivity index (χ2v) is 9.61. The van der Waals surface area contributed by atoms with E-state index in [0.29, 0.717) is 29.9 Å². The molecule has 0 aliphatic rings. The van der Waals surface area contributed by atoms with E-state index < -0.39 is 6.10 Å². The van der Waals surface area contributed by atoms with Gasteiger partial charge in [-0.3, -0.25) is 4.79 Å². The van der Waals surface area contributed by atoms with Crippen LogP contribution in [-0.2, 0) is 19.6 Å². The van der Waals surface area contributed by atoms with Gasteiger partial charge in [-0.2, -0.15) is 0 Å². The quantitative estimate of drug-likeness (QED) is 0.179. The van der Waals surface area contributed by atoms with E-state index in [4.69, 9.17) is 4.74 Å². The Kier molecular flexibility index (Phi) is 8.68. The molecular formula is C30H35N3O5. The van der Waals surface area contributed by atoms with Gasteiger partial charge in [0.05, 0.1) is 19.8 Å². The van der Waals surface area contributed by atoms with Crippen LogP contribution in [0.5, 0.6) is 11.5 Å². The largest absolute Gasteiger partial charge is 0.508 e. The minimum absolute atomic E-state index is 0.0116. The van der Waals surface area contributed by atoms with Gasteiger partial charge in [0.25, 0.3) is 5.91 Å². The molecule has 0 bridgehead atoms. The second kappa shape index (κ2) is 12.1. The van der Waals surface area contributed by atoms with Crippen LogP contribution in [0.4, 0.5) is 0 Å². The Morgan fingerprint density at radius 1 is 1.08 bits per heavy atom.